The standard InChI is InChI=1S/C14H21ClN2O3S/c1-4-11(2)17(21(3,19)20)10-9-14(18)16-13-7-5-12(15)6-8-13/h5-8,11H,4,9-10H2,1-3H3,(H,16,18). The lowest BCUT2D eigenvalue weighted by molar-refractivity contribution is -0.116. The Hall–Kier alpha value is -1.11. The molecule has 5 nitrogen and oxygen atoms in total. The van der Waals surface area contributed by atoms with E-state index in [4.69, 9.17) is 11.6 Å². The Bertz CT molecular complexity index is 572. The van der Waals surface area contributed by atoms with Crippen LogP contribution in [0.4, 0.5) is 5.69 Å². The summed E-state index contributed by atoms with van der Waals surface area (Å²) in [4.78, 5) is 11.9. The molecule has 1 amide bonds. The summed E-state index contributed by atoms with van der Waals surface area (Å²) in [5.41, 5.74) is 0.638. The molecule has 0 saturated carbocycles. The lowest BCUT2D eigenvalue weighted by Gasteiger charge is -2.25. The van der Waals surface area contributed by atoms with E-state index in [0.29, 0.717) is 17.1 Å². The van der Waals surface area contributed by atoms with Crippen molar-refractivity contribution in [2.75, 3.05) is 18.1 Å². The molecule has 21 heavy (non-hydrogen) atoms. The van der Waals surface area contributed by atoms with Crippen molar-refractivity contribution in [1.82, 2.24) is 4.31 Å². The van der Waals surface area contributed by atoms with Gasteiger partial charge in [-0.3, -0.25) is 4.79 Å². The van der Waals surface area contributed by atoms with Crippen molar-refractivity contribution in [3.05, 3.63) is 29.3 Å². The zero-order valence-electron chi connectivity index (χ0n) is 12.5. The maximum atomic E-state index is 11.9. The molecule has 118 valence electrons. The van der Waals surface area contributed by atoms with E-state index < -0.39 is 10.0 Å². The van der Waals surface area contributed by atoms with Crippen LogP contribution in [0.3, 0.4) is 0 Å². The minimum absolute atomic E-state index is 0.111. The number of sulfonamides is 1. The van der Waals surface area contributed by atoms with Crippen LogP contribution in [0.1, 0.15) is 26.7 Å². The summed E-state index contributed by atoms with van der Waals surface area (Å²) in [6.45, 7) is 3.92. The highest BCUT2D eigenvalue weighted by Crippen LogP contribution is 2.14. The molecular weight excluding hydrogens is 312 g/mol. The van der Waals surface area contributed by atoms with Crippen LogP contribution in [-0.4, -0.2) is 37.5 Å². The highest BCUT2D eigenvalue weighted by molar-refractivity contribution is 7.88. The van der Waals surface area contributed by atoms with Crippen LogP contribution in [0.2, 0.25) is 5.02 Å². The Labute approximate surface area is 131 Å². The first kappa shape index (κ1) is 17.9. The van der Waals surface area contributed by atoms with Gasteiger partial charge in [0.2, 0.25) is 15.9 Å². The van der Waals surface area contributed by atoms with Gasteiger partial charge in [0.25, 0.3) is 0 Å². The number of hydrogen-bond donors (Lipinski definition) is 1. The van der Waals surface area contributed by atoms with E-state index >= 15 is 0 Å². The van der Waals surface area contributed by atoms with Gasteiger partial charge in [-0.2, -0.15) is 4.31 Å². The molecule has 1 N–H and O–H groups in total. The quantitative estimate of drug-likeness (QED) is 0.834. The van der Waals surface area contributed by atoms with Crippen molar-refractivity contribution in [2.45, 2.75) is 32.7 Å². The molecule has 0 fully saturated rings. The molecule has 1 aromatic carbocycles. The van der Waals surface area contributed by atoms with Gasteiger partial charge in [0.1, 0.15) is 0 Å². The van der Waals surface area contributed by atoms with Gasteiger partial charge in [-0.15, -0.1) is 0 Å². The molecule has 0 saturated heterocycles. The van der Waals surface area contributed by atoms with Crippen molar-refractivity contribution >= 4 is 33.2 Å². The molecule has 1 unspecified atom stereocenters. The van der Waals surface area contributed by atoms with E-state index in [1.54, 1.807) is 24.3 Å². The summed E-state index contributed by atoms with van der Waals surface area (Å²) >= 11 is 5.77. The van der Waals surface area contributed by atoms with E-state index in [-0.39, 0.29) is 24.9 Å². The van der Waals surface area contributed by atoms with Gasteiger partial charge >= 0.3 is 0 Å². The molecule has 0 bridgehead atoms. The second-order valence-electron chi connectivity index (χ2n) is 4.94. The predicted octanol–water partition coefficient (Wildman–Crippen LogP) is 2.73. The molecule has 1 rings (SSSR count). The van der Waals surface area contributed by atoms with Gasteiger partial charge in [0.05, 0.1) is 6.26 Å². The third kappa shape index (κ3) is 6.03. The molecule has 7 heteroatoms. The number of carbonyl (C=O) groups is 1. The summed E-state index contributed by atoms with van der Waals surface area (Å²) in [7, 11) is -3.31. The van der Waals surface area contributed by atoms with E-state index in [0.717, 1.165) is 6.26 Å². The maximum Gasteiger partial charge on any atom is 0.225 e. The van der Waals surface area contributed by atoms with E-state index in [1.807, 2.05) is 13.8 Å². The van der Waals surface area contributed by atoms with Crippen molar-refractivity contribution in [3.8, 4) is 0 Å². The number of rotatable bonds is 7. The van der Waals surface area contributed by atoms with Crippen molar-refractivity contribution in [3.63, 3.8) is 0 Å². The number of nitrogens with zero attached hydrogens (tertiary/aromatic N) is 1. The number of anilines is 1. The van der Waals surface area contributed by atoms with Crippen molar-refractivity contribution < 1.29 is 13.2 Å². The molecular formula is C14H21ClN2O3S. The number of halogens is 1. The molecule has 0 aliphatic heterocycles. The van der Waals surface area contributed by atoms with Gasteiger partial charge in [-0.25, -0.2) is 8.42 Å². The highest BCUT2D eigenvalue weighted by Gasteiger charge is 2.22. The molecule has 0 heterocycles. The summed E-state index contributed by atoms with van der Waals surface area (Å²) < 4.78 is 24.8. The Morgan fingerprint density at radius 3 is 2.38 bits per heavy atom. The van der Waals surface area contributed by atoms with Crippen LogP contribution < -0.4 is 5.32 Å². The minimum atomic E-state index is -3.31. The van der Waals surface area contributed by atoms with Crippen LogP contribution >= 0.6 is 11.6 Å². The fourth-order valence-electron chi connectivity index (χ4n) is 1.89. The average molecular weight is 333 g/mol. The fraction of sp³-hybridized carbons (Fsp3) is 0.500. The zero-order chi connectivity index (χ0) is 16.0. The Balaban J connectivity index is 2.59. The molecule has 0 spiro atoms. The minimum Gasteiger partial charge on any atom is -0.326 e. The number of carbonyl (C=O) groups excluding carboxylic acids is 1. The van der Waals surface area contributed by atoms with Crippen molar-refractivity contribution in [1.29, 1.82) is 0 Å². The van der Waals surface area contributed by atoms with Gasteiger partial charge < -0.3 is 5.32 Å². The number of nitrogens with one attached hydrogen (secondary N) is 1. The second kappa shape index (κ2) is 7.77. The molecule has 0 aliphatic carbocycles. The van der Waals surface area contributed by atoms with Crippen LogP contribution in [0.5, 0.6) is 0 Å². The van der Waals surface area contributed by atoms with E-state index in [1.165, 1.54) is 4.31 Å². The number of benzene rings is 1. The van der Waals surface area contributed by atoms with Gasteiger partial charge in [0.15, 0.2) is 0 Å². The SMILES string of the molecule is CCC(C)N(CCC(=O)Nc1ccc(Cl)cc1)S(C)(=O)=O. The van der Waals surface area contributed by atoms with Crippen LogP contribution in [-0.2, 0) is 14.8 Å². The first-order valence-corrected chi connectivity index (χ1v) is 8.99. The molecule has 0 radical (unpaired) electrons. The third-order valence-corrected chi connectivity index (χ3v) is 4.84. The number of hydrogen-bond acceptors (Lipinski definition) is 3. The lowest BCUT2D eigenvalue weighted by Crippen LogP contribution is -2.39. The second-order valence-corrected chi connectivity index (χ2v) is 7.31. The predicted molar refractivity (Wildman–Crippen MR) is 86.0 cm³/mol. The molecule has 0 aliphatic rings. The summed E-state index contributed by atoms with van der Waals surface area (Å²) in [5.74, 6) is -0.228. The van der Waals surface area contributed by atoms with Gasteiger partial charge in [0, 0.05) is 29.7 Å². The van der Waals surface area contributed by atoms with Crippen molar-refractivity contribution in [2.24, 2.45) is 0 Å². The summed E-state index contributed by atoms with van der Waals surface area (Å²) in [6, 6.07) is 6.63. The van der Waals surface area contributed by atoms with Crippen LogP contribution in [0.25, 0.3) is 0 Å². The highest BCUT2D eigenvalue weighted by atomic mass is 35.5. The van der Waals surface area contributed by atoms with Crippen LogP contribution in [0.15, 0.2) is 24.3 Å². The number of amides is 1. The molecule has 0 aromatic heterocycles. The Kier molecular flexibility index (Phi) is 6.64. The topological polar surface area (TPSA) is 66.5 Å². The third-order valence-electron chi connectivity index (χ3n) is 3.20. The Morgan fingerprint density at radius 1 is 1.33 bits per heavy atom. The Morgan fingerprint density at radius 2 is 1.90 bits per heavy atom. The molecule has 1 atom stereocenters. The average Bonchev–Trinajstić information content (AvgIpc) is 2.39. The van der Waals surface area contributed by atoms with Crippen LogP contribution in [0, 0.1) is 0 Å². The largest absolute Gasteiger partial charge is 0.326 e. The van der Waals surface area contributed by atoms with E-state index in [9.17, 15) is 13.2 Å². The normalized spacial score (nSPS) is 13.2. The van der Waals surface area contributed by atoms with Gasteiger partial charge in [-0.05, 0) is 37.6 Å². The molecule has 1 aromatic rings. The van der Waals surface area contributed by atoms with E-state index in [2.05, 4.69) is 5.32 Å². The maximum absolute atomic E-state index is 11.9. The fourth-order valence-corrected chi connectivity index (χ4v) is 3.24. The first-order chi connectivity index (χ1) is 9.74. The zero-order valence-corrected chi connectivity index (χ0v) is 14.0. The first-order valence-electron chi connectivity index (χ1n) is 6.76. The lowest BCUT2D eigenvalue weighted by atomic mass is 10.2. The van der Waals surface area contributed by atoms with Gasteiger partial charge in [-0.1, -0.05) is 18.5 Å². The summed E-state index contributed by atoms with van der Waals surface area (Å²) in [5, 5.41) is 3.30. The summed E-state index contributed by atoms with van der Waals surface area (Å²) in [6.07, 6.45) is 1.97. The smallest absolute Gasteiger partial charge is 0.225 e. The monoisotopic (exact) mass is 332 g/mol.